The number of aryl methyl sites for hydroxylation is 2. The van der Waals surface area contributed by atoms with Crippen molar-refractivity contribution < 1.29 is 19.1 Å². The van der Waals surface area contributed by atoms with E-state index in [-0.39, 0.29) is 30.2 Å². The molecule has 1 saturated heterocycles. The molecule has 2 aliphatic rings. The van der Waals surface area contributed by atoms with E-state index in [4.69, 9.17) is 4.74 Å². The summed E-state index contributed by atoms with van der Waals surface area (Å²) < 4.78 is 5.51. The van der Waals surface area contributed by atoms with E-state index in [0.29, 0.717) is 44.0 Å². The van der Waals surface area contributed by atoms with Gasteiger partial charge in [-0.05, 0) is 66.5 Å². The molecule has 2 aliphatic heterocycles. The fourth-order valence-electron chi connectivity index (χ4n) is 5.04. The van der Waals surface area contributed by atoms with Gasteiger partial charge < -0.3 is 20.3 Å². The van der Waals surface area contributed by atoms with Crippen LogP contribution in [0.4, 0.5) is 9.59 Å². The molecule has 2 atom stereocenters. The lowest BCUT2D eigenvalue weighted by atomic mass is 9.90. The Kier molecular flexibility index (Phi) is 8.89. The fraction of sp³-hybridized carbons (Fsp3) is 0.607. The number of esters is 1. The molecule has 1 fully saturated rings. The van der Waals surface area contributed by atoms with Gasteiger partial charge in [0.05, 0.1) is 18.2 Å². The number of urea groups is 2. The Morgan fingerprint density at radius 3 is 2.46 bits per heavy atom. The summed E-state index contributed by atoms with van der Waals surface area (Å²) in [4.78, 5) is 45.2. The largest absolute Gasteiger partial charge is 0.463 e. The summed E-state index contributed by atoms with van der Waals surface area (Å²) in [7, 11) is 0. The van der Waals surface area contributed by atoms with Crippen molar-refractivity contribution in [3.05, 3.63) is 46.2 Å². The zero-order valence-corrected chi connectivity index (χ0v) is 23.6. The molecule has 204 valence electrons. The molecule has 0 aliphatic carbocycles. The molecule has 0 aromatic heterocycles. The number of benzene rings is 1. The SMILES string of the molecule is CCOC(=O)C1=C(CN2CCN(C(=O)NC(C)(C)C)C(C)C2)N(CC)C(=O)NC1c1cc(C)ccc1C. The molecule has 2 unspecified atom stereocenters. The zero-order valence-electron chi connectivity index (χ0n) is 23.6. The molecule has 0 spiro atoms. The number of ether oxygens (including phenoxy) is 1. The molecule has 2 heterocycles. The van der Waals surface area contributed by atoms with Crippen LogP contribution in [0.15, 0.2) is 29.5 Å². The Bertz CT molecular complexity index is 1060. The number of likely N-dealkylation sites (N-methyl/N-ethyl adjacent to an activating group) is 1. The molecule has 9 nitrogen and oxygen atoms in total. The van der Waals surface area contributed by atoms with Gasteiger partial charge in [-0.1, -0.05) is 23.8 Å². The predicted molar refractivity (Wildman–Crippen MR) is 144 cm³/mol. The monoisotopic (exact) mass is 513 g/mol. The number of hydrogen-bond acceptors (Lipinski definition) is 5. The summed E-state index contributed by atoms with van der Waals surface area (Å²) in [5, 5.41) is 6.10. The number of nitrogens with zero attached hydrogens (tertiary/aromatic N) is 3. The van der Waals surface area contributed by atoms with Crippen LogP contribution in [0.2, 0.25) is 0 Å². The van der Waals surface area contributed by atoms with E-state index in [2.05, 4.69) is 15.5 Å². The van der Waals surface area contributed by atoms with Crippen LogP contribution < -0.4 is 10.6 Å². The molecule has 0 radical (unpaired) electrons. The number of hydrogen-bond donors (Lipinski definition) is 2. The van der Waals surface area contributed by atoms with Gasteiger partial charge in [-0.15, -0.1) is 0 Å². The van der Waals surface area contributed by atoms with Gasteiger partial charge in [0.1, 0.15) is 0 Å². The van der Waals surface area contributed by atoms with E-state index in [9.17, 15) is 14.4 Å². The molecule has 37 heavy (non-hydrogen) atoms. The van der Waals surface area contributed by atoms with Crippen LogP contribution in [0.3, 0.4) is 0 Å². The van der Waals surface area contributed by atoms with Crippen LogP contribution in [0.5, 0.6) is 0 Å². The first-order valence-electron chi connectivity index (χ1n) is 13.2. The van der Waals surface area contributed by atoms with E-state index < -0.39 is 12.0 Å². The number of carbonyl (C=O) groups excluding carboxylic acids is 3. The van der Waals surface area contributed by atoms with Crippen molar-refractivity contribution in [2.75, 3.05) is 39.3 Å². The third-order valence-corrected chi connectivity index (χ3v) is 6.82. The van der Waals surface area contributed by atoms with Crippen molar-refractivity contribution >= 4 is 18.0 Å². The smallest absolute Gasteiger partial charge is 0.338 e. The van der Waals surface area contributed by atoms with Crippen molar-refractivity contribution in [3.63, 3.8) is 0 Å². The highest BCUT2D eigenvalue weighted by Gasteiger charge is 2.39. The molecular weight excluding hydrogens is 470 g/mol. The molecule has 1 aromatic rings. The van der Waals surface area contributed by atoms with Crippen molar-refractivity contribution in [1.82, 2.24) is 25.3 Å². The summed E-state index contributed by atoms with van der Waals surface area (Å²) in [6.45, 7) is 18.5. The fourth-order valence-corrected chi connectivity index (χ4v) is 5.04. The molecule has 3 rings (SSSR count). The van der Waals surface area contributed by atoms with Crippen LogP contribution in [0.25, 0.3) is 0 Å². The van der Waals surface area contributed by atoms with Crippen molar-refractivity contribution in [1.29, 1.82) is 0 Å². The standard InChI is InChI=1S/C28H43N5O4/c1-9-32-22(17-31-13-14-33(20(5)16-31)27(36)30-28(6,7)8)23(25(34)37-10-2)24(29-26(32)35)21-15-18(3)11-12-19(21)4/h11-12,15,20,24H,9-10,13-14,16-17H2,1-8H3,(H,29,35)(H,30,36). The summed E-state index contributed by atoms with van der Waals surface area (Å²) in [6, 6.07) is 5.13. The van der Waals surface area contributed by atoms with Gasteiger partial charge in [0.2, 0.25) is 0 Å². The third kappa shape index (κ3) is 6.63. The van der Waals surface area contributed by atoms with E-state index in [1.807, 2.05) is 71.6 Å². The Balaban J connectivity index is 1.97. The first kappa shape index (κ1) is 28.5. The topological polar surface area (TPSA) is 94.2 Å². The summed E-state index contributed by atoms with van der Waals surface area (Å²) >= 11 is 0. The Hall–Kier alpha value is -3.07. The average molecular weight is 514 g/mol. The van der Waals surface area contributed by atoms with Crippen molar-refractivity contribution in [2.45, 2.75) is 73.0 Å². The van der Waals surface area contributed by atoms with Gasteiger partial charge in [0.15, 0.2) is 0 Å². The van der Waals surface area contributed by atoms with E-state index in [0.717, 1.165) is 16.7 Å². The lowest BCUT2D eigenvalue weighted by molar-refractivity contribution is -0.139. The maximum absolute atomic E-state index is 13.4. The van der Waals surface area contributed by atoms with Gasteiger partial charge in [0, 0.05) is 50.0 Å². The van der Waals surface area contributed by atoms with E-state index in [1.165, 1.54) is 0 Å². The first-order valence-corrected chi connectivity index (χ1v) is 13.2. The lowest BCUT2D eigenvalue weighted by Gasteiger charge is -2.43. The maximum atomic E-state index is 13.4. The second-order valence-corrected chi connectivity index (χ2v) is 11.0. The quantitative estimate of drug-likeness (QED) is 0.566. The van der Waals surface area contributed by atoms with Gasteiger partial charge in [0.25, 0.3) is 0 Å². The number of carbonyl (C=O) groups is 3. The normalized spacial score (nSPS) is 21.1. The van der Waals surface area contributed by atoms with Gasteiger partial charge >= 0.3 is 18.0 Å². The van der Waals surface area contributed by atoms with Crippen LogP contribution in [0, 0.1) is 13.8 Å². The van der Waals surface area contributed by atoms with Crippen LogP contribution in [0.1, 0.15) is 64.3 Å². The second-order valence-electron chi connectivity index (χ2n) is 11.0. The summed E-state index contributed by atoms with van der Waals surface area (Å²) in [6.07, 6.45) is 0. The highest BCUT2D eigenvalue weighted by molar-refractivity contribution is 5.95. The Morgan fingerprint density at radius 2 is 1.86 bits per heavy atom. The van der Waals surface area contributed by atoms with Crippen LogP contribution in [-0.2, 0) is 9.53 Å². The second kappa shape index (κ2) is 11.5. The number of amides is 4. The predicted octanol–water partition coefficient (Wildman–Crippen LogP) is 3.72. The van der Waals surface area contributed by atoms with Gasteiger partial charge in [-0.2, -0.15) is 0 Å². The number of nitrogens with one attached hydrogen (secondary N) is 2. The maximum Gasteiger partial charge on any atom is 0.338 e. The molecule has 0 saturated carbocycles. The molecule has 0 bridgehead atoms. The van der Waals surface area contributed by atoms with E-state index >= 15 is 0 Å². The highest BCUT2D eigenvalue weighted by atomic mass is 16.5. The summed E-state index contributed by atoms with van der Waals surface area (Å²) in [5.74, 6) is -0.418. The Morgan fingerprint density at radius 1 is 1.16 bits per heavy atom. The van der Waals surface area contributed by atoms with Gasteiger partial charge in [-0.3, -0.25) is 9.80 Å². The Labute approximate surface area is 221 Å². The first-order chi connectivity index (χ1) is 17.4. The van der Waals surface area contributed by atoms with Crippen molar-refractivity contribution in [3.8, 4) is 0 Å². The lowest BCUT2D eigenvalue weighted by Crippen LogP contribution is -2.59. The molecule has 1 aromatic carbocycles. The minimum absolute atomic E-state index is 0.0231. The number of rotatable bonds is 6. The molecule has 9 heteroatoms. The van der Waals surface area contributed by atoms with Crippen LogP contribution in [-0.4, -0.2) is 83.6 Å². The minimum atomic E-state index is -0.597. The van der Waals surface area contributed by atoms with Crippen molar-refractivity contribution in [2.24, 2.45) is 0 Å². The minimum Gasteiger partial charge on any atom is -0.463 e. The number of piperazine rings is 1. The molecule has 2 N–H and O–H groups in total. The summed E-state index contributed by atoms with van der Waals surface area (Å²) in [5.41, 5.74) is 3.76. The zero-order chi connectivity index (χ0) is 27.5. The average Bonchev–Trinajstić information content (AvgIpc) is 2.79. The third-order valence-electron chi connectivity index (χ3n) is 6.82. The van der Waals surface area contributed by atoms with E-state index in [1.54, 1.807) is 11.8 Å². The van der Waals surface area contributed by atoms with Gasteiger partial charge in [-0.25, -0.2) is 14.4 Å². The molecular formula is C28H43N5O4. The highest BCUT2D eigenvalue weighted by Crippen LogP contribution is 2.34. The molecule has 4 amide bonds. The van der Waals surface area contributed by atoms with Crippen LogP contribution >= 0.6 is 0 Å².